The summed E-state index contributed by atoms with van der Waals surface area (Å²) in [6.45, 7) is 0. The van der Waals surface area contributed by atoms with Crippen molar-refractivity contribution in [3.8, 4) is 11.1 Å². The third-order valence-corrected chi connectivity index (χ3v) is 8.67. The Morgan fingerprint density at radius 3 is 2.28 bits per heavy atom. The first-order chi connectivity index (χ1) is 18.5. The molecule has 0 saturated heterocycles. The largest absolute Gasteiger partial charge is 0.340 e. The van der Waals surface area contributed by atoms with Gasteiger partial charge in [0.1, 0.15) is 11.3 Å². The molecule has 39 heavy (non-hydrogen) atoms. The number of nitrogens with one attached hydrogen (secondary N) is 1. The molecule has 0 spiro atoms. The lowest BCUT2D eigenvalue weighted by atomic mass is 9.99. The van der Waals surface area contributed by atoms with E-state index in [0.717, 1.165) is 10.2 Å². The minimum absolute atomic E-state index is 0.0169. The monoisotopic (exact) mass is 562 g/mol. The summed E-state index contributed by atoms with van der Waals surface area (Å²) in [5.74, 6) is 0.116. The number of aryl methyl sites for hydroxylation is 1. The summed E-state index contributed by atoms with van der Waals surface area (Å²) in [7, 11) is -5.69. The number of hydrogen-bond donors (Lipinski definition) is 1. The van der Waals surface area contributed by atoms with Gasteiger partial charge in [0.25, 0.3) is 5.56 Å². The Hall–Kier alpha value is -4.22. The first-order valence-corrected chi connectivity index (χ1v) is 15.7. The van der Waals surface area contributed by atoms with Crippen molar-refractivity contribution in [2.45, 2.75) is 11.5 Å². The molecule has 3 heterocycles. The molecule has 11 heteroatoms. The average Bonchev–Trinajstić information content (AvgIpc) is 3.34. The van der Waals surface area contributed by atoms with Gasteiger partial charge < -0.3 is 9.88 Å². The van der Waals surface area contributed by atoms with Crippen LogP contribution < -0.4 is 10.9 Å². The molecule has 1 N–H and O–H groups in total. The molecular formula is C28H26N4O5S2. The second-order valence-electron chi connectivity index (χ2n) is 9.36. The van der Waals surface area contributed by atoms with Gasteiger partial charge in [-0.05, 0) is 41.5 Å². The lowest BCUT2D eigenvalue weighted by Crippen LogP contribution is -2.23. The molecule has 3 aromatic heterocycles. The Labute approximate surface area is 226 Å². The van der Waals surface area contributed by atoms with E-state index in [-0.39, 0.29) is 17.0 Å². The first kappa shape index (κ1) is 26.4. The van der Waals surface area contributed by atoms with Gasteiger partial charge in [-0.1, -0.05) is 42.5 Å². The molecule has 0 aliphatic rings. The Morgan fingerprint density at radius 2 is 1.59 bits per heavy atom. The highest BCUT2D eigenvalue weighted by molar-refractivity contribution is 7.90. The van der Waals surface area contributed by atoms with Gasteiger partial charge in [0.2, 0.25) is 10.0 Å². The minimum Gasteiger partial charge on any atom is -0.340 e. The van der Waals surface area contributed by atoms with Gasteiger partial charge in [-0.25, -0.2) is 25.8 Å². The van der Waals surface area contributed by atoms with Gasteiger partial charge in [-0.2, -0.15) is 0 Å². The quantitative estimate of drug-likeness (QED) is 0.303. The number of nitrogens with zero attached hydrogens (tertiary/aromatic N) is 3. The van der Waals surface area contributed by atoms with Gasteiger partial charge in [-0.15, -0.1) is 0 Å². The maximum absolute atomic E-state index is 13.4. The maximum Gasteiger partial charge on any atom is 0.275 e. The van der Waals surface area contributed by atoms with E-state index in [4.69, 9.17) is 0 Å². The number of rotatable bonds is 8. The highest BCUT2D eigenvalue weighted by atomic mass is 32.2. The van der Waals surface area contributed by atoms with Crippen LogP contribution in [0, 0.1) is 0 Å². The third-order valence-electron chi connectivity index (χ3n) is 6.21. The van der Waals surface area contributed by atoms with E-state index in [1.54, 1.807) is 86.2 Å². The predicted molar refractivity (Wildman–Crippen MR) is 153 cm³/mol. The van der Waals surface area contributed by atoms with Crippen LogP contribution in [0.2, 0.25) is 0 Å². The fourth-order valence-electron chi connectivity index (χ4n) is 4.52. The van der Waals surface area contributed by atoms with Crippen molar-refractivity contribution in [1.29, 1.82) is 0 Å². The summed E-state index contributed by atoms with van der Waals surface area (Å²) >= 11 is 0. The standard InChI is InChI=1S/C28H26N4O5S2/c1-31-17-24(22-13-15-32(27(22)28(31)33)39(36,37)19-20-8-4-3-5-9-20)23-16-21(18-38(2,34)35)11-12-25(23)30-26-10-6-7-14-29-26/h3-17H,18-19H2,1-2H3,(H,29,30). The predicted octanol–water partition coefficient (Wildman–Crippen LogP) is 4.07. The van der Waals surface area contributed by atoms with Crippen molar-refractivity contribution >= 4 is 42.3 Å². The molecule has 0 bridgehead atoms. The minimum atomic E-state index is -3.93. The van der Waals surface area contributed by atoms with Gasteiger partial charge in [0, 0.05) is 54.1 Å². The van der Waals surface area contributed by atoms with Crippen LogP contribution in [0.4, 0.5) is 11.5 Å². The summed E-state index contributed by atoms with van der Waals surface area (Å²) in [4.78, 5) is 17.6. The zero-order valence-electron chi connectivity index (χ0n) is 21.3. The Bertz CT molecular complexity index is 1950. The average molecular weight is 563 g/mol. The molecule has 9 nitrogen and oxygen atoms in total. The second-order valence-corrected chi connectivity index (χ2v) is 13.4. The Balaban J connectivity index is 1.72. The van der Waals surface area contributed by atoms with Gasteiger partial charge in [-0.3, -0.25) is 4.79 Å². The van der Waals surface area contributed by atoms with Crippen LogP contribution in [0.3, 0.4) is 0 Å². The van der Waals surface area contributed by atoms with Crippen LogP contribution in [0.1, 0.15) is 11.1 Å². The molecule has 0 aliphatic heterocycles. The topological polar surface area (TPSA) is 120 Å². The summed E-state index contributed by atoms with van der Waals surface area (Å²) in [5.41, 5.74) is 2.48. The highest BCUT2D eigenvalue weighted by Crippen LogP contribution is 2.36. The Kier molecular flexibility index (Phi) is 6.87. The van der Waals surface area contributed by atoms with Crippen LogP contribution in [0.25, 0.3) is 22.0 Å². The summed E-state index contributed by atoms with van der Waals surface area (Å²) in [6, 6.07) is 21.0. The van der Waals surface area contributed by atoms with E-state index in [2.05, 4.69) is 10.3 Å². The van der Waals surface area contributed by atoms with Crippen LogP contribution in [0.5, 0.6) is 0 Å². The van der Waals surface area contributed by atoms with Crippen LogP contribution in [-0.4, -0.2) is 36.6 Å². The van der Waals surface area contributed by atoms with E-state index in [9.17, 15) is 21.6 Å². The molecule has 0 fully saturated rings. The second kappa shape index (κ2) is 10.2. The molecule has 0 aliphatic carbocycles. The van der Waals surface area contributed by atoms with Crippen LogP contribution in [-0.2, 0) is 38.4 Å². The van der Waals surface area contributed by atoms with Crippen molar-refractivity contribution < 1.29 is 16.8 Å². The summed E-state index contributed by atoms with van der Waals surface area (Å²) in [5, 5.41) is 3.68. The van der Waals surface area contributed by atoms with E-state index in [1.807, 2.05) is 6.07 Å². The number of fused-ring (bicyclic) bond motifs is 1. The molecule has 0 radical (unpaired) electrons. The lowest BCUT2D eigenvalue weighted by molar-refractivity contribution is 0.587. The zero-order valence-corrected chi connectivity index (χ0v) is 22.9. The molecule has 200 valence electrons. The van der Waals surface area contributed by atoms with Crippen molar-refractivity contribution in [2.24, 2.45) is 7.05 Å². The third kappa shape index (κ3) is 5.64. The lowest BCUT2D eigenvalue weighted by Gasteiger charge is -2.16. The molecule has 0 atom stereocenters. The molecular weight excluding hydrogens is 536 g/mol. The molecule has 2 aromatic carbocycles. The number of anilines is 2. The van der Waals surface area contributed by atoms with Crippen molar-refractivity contribution in [3.63, 3.8) is 0 Å². The number of benzene rings is 2. The number of aromatic nitrogens is 3. The maximum atomic E-state index is 13.4. The van der Waals surface area contributed by atoms with Crippen LogP contribution in [0.15, 0.2) is 96.2 Å². The molecule has 5 rings (SSSR count). The molecule has 5 aromatic rings. The fourth-order valence-corrected chi connectivity index (χ4v) is 6.76. The van der Waals surface area contributed by atoms with E-state index >= 15 is 0 Å². The summed E-state index contributed by atoms with van der Waals surface area (Å²) in [6.07, 6.45) is 5.82. The molecule has 0 unspecified atom stereocenters. The van der Waals surface area contributed by atoms with Gasteiger partial charge in [0.15, 0.2) is 9.84 Å². The van der Waals surface area contributed by atoms with Gasteiger partial charge in [0.05, 0.1) is 11.5 Å². The first-order valence-electron chi connectivity index (χ1n) is 12.0. The highest BCUT2D eigenvalue weighted by Gasteiger charge is 2.23. The van der Waals surface area contributed by atoms with E-state index < -0.39 is 25.4 Å². The number of sulfone groups is 1. The number of pyridine rings is 2. The Morgan fingerprint density at radius 1 is 0.846 bits per heavy atom. The fraction of sp³-hybridized carbons (Fsp3) is 0.143. The number of hydrogen-bond acceptors (Lipinski definition) is 7. The van der Waals surface area contributed by atoms with E-state index in [0.29, 0.717) is 39.1 Å². The smallest absolute Gasteiger partial charge is 0.275 e. The van der Waals surface area contributed by atoms with Gasteiger partial charge >= 0.3 is 0 Å². The van der Waals surface area contributed by atoms with Crippen molar-refractivity contribution in [1.82, 2.24) is 13.5 Å². The zero-order chi connectivity index (χ0) is 27.8. The molecule has 0 saturated carbocycles. The SMILES string of the molecule is Cn1cc(-c2cc(CS(C)(=O)=O)ccc2Nc2ccccn2)c2ccn(S(=O)(=O)Cc3ccccc3)c2c1=O. The molecule has 0 amide bonds. The van der Waals surface area contributed by atoms with E-state index in [1.165, 1.54) is 10.8 Å². The normalized spacial score (nSPS) is 12.1. The van der Waals surface area contributed by atoms with Crippen LogP contribution >= 0.6 is 0 Å². The van der Waals surface area contributed by atoms with Crippen molar-refractivity contribution in [2.75, 3.05) is 11.6 Å². The van der Waals surface area contributed by atoms with Crippen molar-refractivity contribution in [3.05, 3.63) is 113 Å². The summed E-state index contributed by atoms with van der Waals surface area (Å²) < 4.78 is 53.4.